The molecule has 1 aliphatic heterocycles. The van der Waals surface area contributed by atoms with Gasteiger partial charge in [0.1, 0.15) is 0 Å². The zero-order chi connectivity index (χ0) is 19.4. The number of halogens is 3. The molecule has 0 unspecified atom stereocenters. The van der Waals surface area contributed by atoms with Gasteiger partial charge in [-0.25, -0.2) is 9.98 Å². The van der Waals surface area contributed by atoms with Crippen molar-refractivity contribution in [1.82, 2.24) is 10.3 Å². The number of nitrogens with two attached hydrogens (primary N) is 1. The molecule has 0 spiro atoms. The van der Waals surface area contributed by atoms with E-state index in [0.29, 0.717) is 36.5 Å². The standard InChI is InChI=1S/C18H16F3N5O/c19-18(20,21)13-3-1-2-11(9-13)8-12-4-6-23-15(10-12)25-14-5-7-24-17(27)16(14)26-22/h1-4,6,9-10H,5,7-8,22H2,(H,24,27)/b25-14?,26-16+. The van der Waals surface area contributed by atoms with Gasteiger partial charge < -0.3 is 11.2 Å². The number of hydrogen-bond donors (Lipinski definition) is 2. The highest BCUT2D eigenvalue weighted by atomic mass is 19.4. The van der Waals surface area contributed by atoms with Crippen LogP contribution in [0.3, 0.4) is 0 Å². The van der Waals surface area contributed by atoms with Crippen molar-refractivity contribution in [3.63, 3.8) is 0 Å². The van der Waals surface area contributed by atoms with Gasteiger partial charge in [-0.3, -0.25) is 4.79 Å². The number of nitrogens with one attached hydrogen (secondary N) is 1. The summed E-state index contributed by atoms with van der Waals surface area (Å²) in [6, 6.07) is 8.53. The van der Waals surface area contributed by atoms with Gasteiger partial charge in [-0.15, -0.1) is 0 Å². The minimum atomic E-state index is -4.38. The molecule has 140 valence electrons. The van der Waals surface area contributed by atoms with Gasteiger partial charge in [0.2, 0.25) is 0 Å². The molecular weight excluding hydrogens is 359 g/mol. The van der Waals surface area contributed by atoms with Crippen molar-refractivity contribution in [1.29, 1.82) is 0 Å². The summed E-state index contributed by atoms with van der Waals surface area (Å²) in [5, 5.41) is 6.09. The van der Waals surface area contributed by atoms with Crippen LogP contribution in [-0.4, -0.2) is 28.9 Å². The number of hydrazone groups is 1. The summed E-state index contributed by atoms with van der Waals surface area (Å²) in [4.78, 5) is 20.2. The normalized spacial score (nSPS) is 18.0. The first-order chi connectivity index (χ1) is 12.9. The molecule has 2 heterocycles. The summed E-state index contributed by atoms with van der Waals surface area (Å²) in [5.74, 6) is 5.19. The Labute approximate surface area is 153 Å². The third-order valence-corrected chi connectivity index (χ3v) is 3.99. The molecule has 2 aromatic rings. The molecule has 3 N–H and O–H groups in total. The van der Waals surface area contributed by atoms with Crippen LogP contribution in [0.1, 0.15) is 23.1 Å². The second-order valence-electron chi connectivity index (χ2n) is 5.94. The number of hydrogen-bond acceptors (Lipinski definition) is 5. The van der Waals surface area contributed by atoms with E-state index < -0.39 is 17.6 Å². The predicted molar refractivity (Wildman–Crippen MR) is 94.8 cm³/mol. The zero-order valence-electron chi connectivity index (χ0n) is 14.1. The first kappa shape index (κ1) is 18.6. The fraction of sp³-hybridized carbons (Fsp3) is 0.222. The Morgan fingerprint density at radius 1 is 1.19 bits per heavy atom. The van der Waals surface area contributed by atoms with Crippen molar-refractivity contribution in [2.75, 3.05) is 6.54 Å². The van der Waals surface area contributed by atoms with Crippen LogP contribution in [0.15, 0.2) is 52.7 Å². The summed E-state index contributed by atoms with van der Waals surface area (Å²) >= 11 is 0. The number of rotatable bonds is 3. The van der Waals surface area contributed by atoms with E-state index in [2.05, 4.69) is 20.4 Å². The topological polar surface area (TPSA) is 92.7 Å². The third kappa shape index (κ3) is 4.49. The number of aliphatic imine (C=N–C) groups is 1. The number of amides is 1. The number of piperidine rings is 1. The van der Waals surface area contributed by atoms with Gasteiger partial charge in [0.15, 0.2) is 11.5 Å². The molecule has 1 fully saturated rings. The van der Waals surface area contributed by atoms with Gasteiger partial charge in [0.25, 0.3) is 5.91 Å². The average molecular weight is 375 g/mol. The quantitative estimate of drug-likeness (QED) is 0.638. The molecule has 9 heteroatoms. The Morgan fingerprint density at radius 3 is 2.70 bits per heavy atom. The molecule has 1 aromatic heterocycles. The fourth-order valence-corrected chi connectivity index (χ4v) is 2.73. The fourth-order valence-electron chi connectivity index (χ4n) is 2.73. The lowest BCUT2D eigenvalue weighted by Crippen LogP contribution is -2.43. The molecule has 1 aliphatic rings. The lowest BCUT2D eigenvalue weighted by Gasteiger charge is -2.15. The van der Waals surface area contributed by atoms with Crippen molar-refractivity contribution in [3.8, 4) is 0 Å². The first-order valence-corrected chi connectivity index (χ1v) is 8.12. The van der Waals surface area contributed by atoms with Crippen LogP contribution in [-0.2, 0) is 17.4 Å². The number of carbonyl (C=O) groups excluding carboxylic acids is 1. The number of aromatic nitrogens is 1. The minimum absolute atomic E-state index is 0.0475. The van der Waals surface area contributed by atoms with Crippen LogP contribution >= 0.6 is 0 Å². The number of carbonyl (C=O) groups is 1. The molecular formula is C18H16F3N5O. The molecule has 0 atom stereocenters. The Morgan fingerprint density at radius 2 is 1.96 bits per heavy atom. The Kier molecular flexibility index (Phi) is 5.20. The van der Waals surface area contributed by atoms with E-state index in [4.69, 9.17) is 5.84 Å². The van der Waals surface area contributed by atoms with E-state index in [-0.39, 0.29) is 5.71 Å². The van der Waals surface area contributed by atoms with E-state index in [1.807, 2.05) is 0 Å². The van der Waals surface area contributed by atoms with Crippen LogP contribution in [0, 0.1) is 0 Å². The second-order valence-corrected chi connectivity index (χ2v) is 5.94. The second kappa shape index (κ2) is 7.56. The van der Waals surface area contributed by atoms with Crippen LogP contribution < -0.4 is 11.2 Å². The summed E-state index contributed by atoms with van der Waals surface area (Å²) in [6.45, 7) is 0.417. The van der Waals surface area contributed by atoms with E-state index in [9.17, 15) is 18.0 Å². The molecule has 1 amide bonds. The Balaban J connectivity index is 1.84. The van der Waals surface area contributed by atoms with E-state index in [1.165, 1.54) is 12.3 Å². The maximum Gasteiger partial charge on any atom is 0.416 e. The van der Waals surface area contributed by atoms with E-state index >= 15 is 0 Å². The first-order valence-electron chi connectivity index (χ1n) is 8.12. The summed E-state index contributed by atoms with van der Waals surface area (Å²) < 4.78 is 38.6. The predicted octanol–water partition coefficient (Wildman–Crippen LogP) is 2.60. The highest BCUT2D eigenvalue weighted by Crippen LogP contribution is 2.30. The summed E-state index contributed by atoms with van der Waals surface area (Å²) in [7, 11) is 0. The molecule has 3 rings (SSSR count). The monoisotopic (exact) mass is 375 g/mol. The van der Waals surface area contributed by atoms with Crippen LogP contribution in [0.4, 0.5) is 19.0 Å². The van der Waals surface area contributed by atoms with Crippen molar-refractivity contribution in [3.05, 3.63) is 59.3 Å². The van der Waals surface area contributed by atoms with Gasteiger partial charge in [0.05, 0.1) is 11.3 Å². The van der Waals surface area contributed by atoms with Crippen molar-refractivity contribution >= 4 is 23.1 Å². The third-order valence-electron chi connectivity index (χ3n) is 3.99. The van der Waals surface area contributed by atoms with Gasteiger partial charge in [0, 0.05) is 19.2 Å². The van der Waals surface area contributed by atoms with E-state index in [1.54, 1.807) is 18.2 Å². The van der Waals surface area contributed by atoms with Crippen LogP contribution in [0.5, 0.6) is 0 Å². The van der Waals surface area contributed by atoms with Crippen LogP contribution in [0.2, 0.25) is 0 Å². The molecule has 1 aromatic carbocycles. The molecule has 0 radical (unpaired) electrons. The minimum Gasteiger partial charge on any atom is -0.350 e. The molecule has 0 bridgehead atoms. The highest BCUT2D eigenvalue weighted by molar-refractivity contribution is 6.67. The van der Waals surface area contributed by atoms with Gasteiger partial charge in [-0.2, -0.15) is 18.3 Å². The SMILES string of the molecule is N/N=C1/C(=O)NCCC1=Nc1cc(Cc2cccc(C(F)(F)F)c2)ccn1. The van der Waals surface area contributed by atoms with Crippen LogP contribution in [0.25, 0.3) is 0 Å². The smallest absolute Gasteiger partial charge is 0.350 e. The largest absolute Gasteiger partial charge is 0.416 e. The molecule has 0 saturated carbocycles. The number of pyridine rings is 1. The Hall–Kier alpha value is -3.23. The highest BCUT2D eigenvalue weighted by Gasteiger charge is 2.30. The Bertz CT molecular complexity index is 921. The zero-order valence-corrected chi connectivity index (χ0v) is 14.1. The van der Waals surface area contributed by atoms with Gasteiger partial charge >= 0.3 is 6.18 Å². The van der Waals surface area contributed by atoms with Gasteiger partial charge in [-0.1, -0.05) is 18.2 Å². The molecule has 27 heavy (non-hydrogen) atoms. The summed E-state index contributed by atoms with van der Waals surface area (Å²) in [6.07, 6.45) is -2.11. The molecule has 0 aliphatic carbocycles. The number of alkyl halides is 3. The maximum absolute atomic E-state index is 12.9. The summed E-state index contributed by atoms with van der Waals surface area (Å²) in [5.41, 5.74) is 1.05. The van der Waals surface area contributed by atoms with E-state index in [0.717, 1.165) is 17.7 Å². The van der Waals surface area contributed by atoms with Gasteiger partial charge in [-0.05, 0) is 35.7 Å². The lowest BCUT2D eigenvalue weighted by molar-refractivity contribution is -0.137. The van der Waals surface area contributed by atoms with Crippen molar-refractivity contribution in [2.45, 2.75) is 19.0 Å². The number of nitrogens with zero attached hydrogens (tertiary/aromatic N) is 3. The maximum atomic E-state index is 12.9. The average Bonchev–Trinajstić information content (AvgIpc) is 2.62. The lowest BCUT2D eigenvalue weighted by atomic mass is 10.0. The molecule has 1 saturated heterocycles. The van der Waals surface area contributed by atoms with Crippen molar-refractivity contribution < 1.29 is 18.0 Å². The van der Waals surface area contributed by atoms with Crippen molar-refractivity contribution in [2.24, 2.45) is 15.9 Å². The molecule has 6 nitrogen and oxygen atoms in total. The number of benzene rings is 1.